The monoisotopic (exact) mass is 323 g/mol. The number of carbonyl (C=O) groups is 2. The zero-order valence-corrected chi connectivity index (χ0v) is 13.6. The fourth-order valence-corrected chi connectivity index (χ4v) is 3.07. The molecule has 2 aliphatic heterocycles. The minimum absolute atomic E-state index is 0. The van der Waals surface area contributed by atoms with Crippen molar-refractivity contribution in [2.75, 3.05) is 31.6 Å². The highest BCUT2D eigenvalue weighted by atomic mass is 35.5. The summed E-state index contributed by atoms with van der Waals surface area (Å²) in [5.74, 6) is 0.171. The van der Waals surface area contributed by atoms with E-state index in [2.05, 4.69) is 5.32 Å². The van der Waals surface area contributed by atoms with Gasteiger partial charge in [-0.15, -0.1) is 12.4 Å². The molecule has 0 aromatic heterocycles. The first-order chi connectivity index (χ1) is 10.2. The maximum atomic E-state index is 12.6. The molecule has 1 atom stereocenters. The van der Waals surface area contributed by atoms with Crippen molar-refractivity contribution < 1.29 is 9.59 Å². The number of amides is 2. The second kappa shape index (κ2) is 7.11. The Hall–Kier alpha value is -1.59. The standard InChI is InChI=1S/C16H21N3O2.ClH/c1-18(14-7-8-17-11-14)16(21)12-4-2-5-13(10-12)19-9-3-6-15(19)20;/h2,4-5,10,14,17H,3,6-9,11H2,1H3;1H. The van der Waals surface area contributed by atoms with Gasteiger partial charge in [0.05, 0.1) is 0 Å². The summed E-state index contributed by atoms with van der Waals surface area (Å²) in [6, 6.07) is 7.68. The lowest BCUT2D eigenvalue weighted by Crippen LogP contribution is -2.38. The van der Waals surface area contributed by atoms with Gasteiger partial charge < -0.3 is 15.1 Å². The number of halogens is 1. The molecular weight excluding hydrogens is 302 g/mol. The van der Waals surface area contributed by atoms with E-state index in [1.54, 1.807) is 4.90 Å². The van der Waals surface area contributed by atoms with Crippen molar-refractivity contribution in [2.24, 2.45) is 0 Å². The first-order valence-corrected chi connectivity index (χ1v) is 7.55. The fraction of sp³-hybridized carbons (Fsp3) is 0.500. The van der Waals surface area contributed by atoms with Crippen LogP contribution in [0.25, 0.3) is 0 Å². The molecule has 2 heterocycles. The number of anilines is 1. The highest BCUT2D eigenvalue weighted by Gasteiger charge is 2.26. The maximum Gasteiger partial charge on any atom is 0.253 e. The number of hydrogen-bond donors (Lipinski definition) is 1. The zero-order chi connectivity index (χ0) is 14.8. The average Bonchev–Trinajstić information content (AvgIpc) is 3.17. The Bertz CT molecular complexity index is 558. The summed E-state index contributed by atoms with van der Waals surface area (Å²) >= 11 is 0. The molecule has 5 nitrogen and oxygen atoms in total. The van der Waals surface area contributed by atoms with Gasteiger partial charge in [-0.2, -0.15) is 0 Å². The third kappa shape index (κ3) is 3.25. The van der Waals surface area contributed by atoms with Crippen LogP contribution >= 0.6 is 12.4 Å². The van der Waals surface area contributed by atoms with E-state index in [4.69, 9.17) is 0 Å². The van der Waals surface area contributed by atoms with Crippen LogP contribution in [-0.4, -0.2) is 49.4 Å². The molecule has 1 unspecified atom stereocenters. The van der Waals surface area contributed by atoms with Gasteiger partial charge in [-0.1, -0.05) is 6.07 Å². The van der Waals surface area contributed by atoms with Crippen LogP contribution < -0.4 is 10.2 Å². The molecule has 6 heteroatoms. The fourth-order valence-electron chi connectivity index (χ4n) is 3.07. The van der Waals surface area contributed by atoms with Crippen LogP contribution in [0.5, 0.6) is 0 Å². The molecule has 120 valence electrons. The van der Waals surface area contributed by atoms with Crippen molar-refractivity contribution in [2.45, 2.75) is 25.3 Å². The van der Waals surface area contributed by atoms with Crippen LogP contribution in [0, 0.1) is 0 Å². The van der Waals surface area contributed by atoms with Crippen LogP contribution in [0.15, 0.2) is 24.3 Å². The molecule has 1 aromatic rings. The molecule has 0 spiro atoms. The quantitative estimate of drug-likeness (QED) is 0.920. The molecule has 0 aliphatic carbocycles. The van der Waals surface area contributed by atoms with Crippen LogP contribution in [-0.2, 0) is 4.79 Å². The van der Waals surface area contributed by atoms with Gasteiger partial charge in [-0.3, -0.25) is 9.59 Å². The van der Waals surface area contributed by atoms with Gasteiger partial charge in [0.2, 0.25) is 5.91 Å². The molecular formula is C16H22ClN3O2. The Morgan fingerprint density at radius 3 is 2.86 bits per heavy atom. The van der Waals surface area contributed by atoms with E-state index in [0.29, 0.717) is 12.0 Å². The van der Waals surface area contributed by atoms with E-state index in [-0.39, 0.29) is 30.3 Å². The molecule has 2 aliphatic rings. The lowest BCUT2D eigenvalue weighted by Gasteiger charge is -2.24. The molecule has 0 bridgehead atoms. The van der Waals surface area contributed by atoms with E-state index in [1.807, 2.05) is 36.2 Å². The largest absolute Gasteiger partial charge is 0.337 e. The van der Waals surface area contributed by atoms with Gasteiger partial charge in [0.1, 0.15) is 0 Å². The smallest absolute Gasteiger partial charge is 0.253 e. The topological polar surface area (TPSA) is 52.7 Å². The van der Waals surface area contributed by atoms with Crippen molar-refractivity contribution in [1.29, 1.82) is 0 Å². The van der Waals surface area contributed by atoms with Gasteiger partial charge in [0.25, 0.3) is 5.91 Å². The summed E-state index contributed by atoms with van der Waals surface area (Å²) in [6.45, 7) is 2.57. The van der Waals surface area contributed by atoms with Gasteiger partial charge >= 0.3 is 0 Å². The summed E-state index contributed by atoms with van der Waals surface area (Å²) in [6.07, 6.45) is 2.49. The molecule has 2 saturated heterocycles. The second-order valence-electron chi connectivity index (χ2n) is 5.76. The normalized spacial score (nSPS) is 20.9. The minimum atomic E-state index is 0. The van der Waals surface area contributed by atoms with Gasteiger partial charge in [-0.05, 0) is 37.6 Å². The summed E-state index contributed by atoms with van der Waals surface area (Å²) < 4.78 is 0. The summed E-state index contributed by atoms with van der Waals surface area (Å²) in [5.41, 5.74) is 1.49. The summed E-state index contributed by atoms with van der Waals surface area (Å²) in [4.78, 5) is 28.0. The molecule has 2 amide bonds. The van der Waals surface area contributed by atoms with Crippen molar-refractivity contribution in [3.05, 3.63) is 29.8 Å². The first-order valence-electron chi connectivity index (χ1n) is 7.55. The summed E-state index contributed by atoms with van der Waals surface area (Å²) in [5, 5.41) is 3.27. The number of nitrogens with one attached hydrogen (secondary N) is 1. The highest BCUT2D eigenvalue weighted by Crippen LogP contribution is 2.23. The number of benzene rings is 1. The van der Waals surface area contributed by atoms with Crippen molar-refractivity contribution >= 4 is 29.9 Å². The highest BCUT2D eigenvalue weighted by molar-refractivity contribution is 5.99. The molecule has 1 N–H and O–H groups in total. The molecule has 0 saturated carbocycles. The van der Waals surface area contributed by atoms with Crippen LogP contribution in [0.3, 0.4) is 0 Å². The second-order valence-corrected chi connectivity index (χ2v) is 5.76. The van der Waals surface area contributed by atoms with Crippen LogP contribution in [0.4, 0.5) is 5.69 Å². The lowest BCUT2D eigenvalue weighted by molar-refractivity contribution is -0.117. The van der Waals surface area contributed by atoms with E-state index in [9.17, 15) is 9.59 Å². The Kier molecular flexibility index (Phi) is 5.42. The predicted octanol–water partition coefficient (Wildman–Crippen LogP) is 1.67. The van der Waals surface area contributed by atoms with E-state index < -0.39 is 0 Å². The first kappa shape index (κ1) is 16.8. The third-order valence-electron chi connectivity index (χ3n) is 4.38. The third-order valence-corrected chi connectivity index (χ3v) is 4.38. The van der Waals surface area contributed by atoms with E-state index >= 15 is 0 Å². The van der Waals surface area contributed by atoms with Crippen LogP contribution in [0.1, 0.15) is 29.6 Å². The summed E-state index contributed by atoms with van der Waals surface area (Å²) in [7, 11) is 1.85. The van der Waals surface area contributed by atoms with Crippen molar-refractivity contribution in [3.8, 4) is 0 Å². The molecule has 22 heavy (non-hydrogen) atoms. The number of nitrogens with zero attached hydrogens (tertiary/aromatic N) is 2. The van der Waals surface area contributed by atoms with Gasteiger partial charge in [0, 0.05) is 43.9 Å². The van der Waals surface area contributed by atoms with Crippen molar-refractivity contribution in [1.82, 2.24) is 10.2 Å². The van der Waals surface area contributed by atoms with E-state index in [1.165, 1.54) is 0 Å². The molecule has 2 fully saturated rings. The zero-order valence-electron chi connectivity index (χ0n) is 12.7. The number of likely N-dealkylation sites (N-methyl/N-ethyl adjacent to an activating group) is 1. The van der Waals surface area contributed by atoms with Crippen LogP contribution in [0.2, 0.25) is 0 Å². The number of carbonyl (C=O) groups excluding carboxylic acids is 2. The molecule has 0 radical (unpaired) electrons. The van der Waals surface area contributed by atoms with Gasteiger partial charge in [0.15, 0.2) is 0 Å². The molecule has 1 aromatic carbocycles. The SMILES string of the molecule is CN(C(=O)c1cccc(N2CCCC2=O)c1)C1CCNC1.Cl. The van der Waals surface area contributed by atoms with Gasteiger partial charge in [-0.25, -0.2) is 0 Å². The van der Waals surface area contributed by atoms with Crippen molar-refractivity contribution in [3.63, 3.8) is 0 Å². The minimum Gasteiger partial charge on any atom is -0.337 e. The Labute approximate surface area is 137 Å². The predicted molar refractivity (Wildman–Crippen MR) is 88.6 cm³/mol. The Morgan fingerprint density at radius 1 is 1.41 bits per heavy atom. The lowest BCUT2D eigenvalue weighted by atomic mass is 10.1. The van der Waals surface area contributed by atoms with E-state index in [0.717, 1.165) is 38.2 Å². The number of rotatable bonds is 3. The number of hydrogen-bond acceptors (Lipinski definition) is 3. The Balaban J connectivity index is 0.00000176. The average molecular weight is 324 g/mol. The maximum absolute atomic E-state index is 12.6. The Morgan fingerprint density at radius 2 is 2.23 bits per heavy atom. The molecule has 3 rings (SSSR count).